The molecule has 0 radical (unpaired) electrons. The largest absolute Gasteiger partial charge is 0.384 e. The summed E-state index contributed by atoms with van der Waals surface area (Å²) in [5, 5.41) is 13.6. The van der Waals surface area contributed by atoms with Gasteiger partial charge in [-0.2, -0.15) is 0 Å². The maximum Gasteiger partial charge on any atom is 0.251 e. The minimum absolute atomic E-state index is 0.0188. The number of aromatic nitrogens is 2. The lowest BCUT2D eigenvalue weighted by Crippen LogP contribution is -2.50. The molecule has 1 fully saturated rings. The Morgan fingerprint density at radius 2 is 1.91 bits per heavy atom. The van der Waals surface area contributed by atoms with Crippen LogP contribution in [0, 0.1) is 23.0 Å². The Morgan fingerprint density at radius 1 is 1.16 bits per heavy atom. The van der Waals surface area contributed by atoms with E-state index < -0.39 is 47.2 Å². The molecule has 240 valence electrons. The van der Waals surface area contributed by atoms with Gasteiger partial charge in [-0.15, -0.1) is 0 Å². The monoisotopic (exact) mass is 616 g/mol. The van der Waals surface area contributed by atoms with Crippen LogP contribution in [0.15, 0.2) is 54.7 Å². The molecule has 3 aromatic rings. The summed E-state index contributed by atoms with van der Waals surface area (Å²) in [5.41, 5.74) is 0.372. The molecule has 0 aliphatic carbocycles. The summed E-state index contributed by atoms with van der Waals surface area (Å²) < 4.78 is 57.0. The van der Waals surface area contributed by atoms with Crippen molar-refractivity contribution in [3.63, 3.8) is 0 Å². The molecule has 1 amide bonds. The van der Waals surface area contributed by atoms with Crippen LogP contribution in [-0.2, 0) is 20.8 Å². The maximum atomic E-state index is 15.0. The van der Waals surface area contributed by atoms with Gasteiger partial charge in [-0.25, -0.2) is 18.2 Å². The quantitative estimate of drug-likeness (QED) is 0.240. The molecule has 8 nitrogen and oxygen atoms in total. The molecule has 0 unspecified atom stereocenters. The lowest BCUT2D eigenvalue weighted by Gasteiger charge is -2.43. The molecule has 2 heterocycles. The summed E-state index contributed by atoms with van der Waals surface area (Å²) in [5.74, 6) is -1.93. The number of ether oxygens (including phenoxy) is 2. The van der Waals surface area contributed by atoms with Crippen LogP contribution in [0.25, 0.3) is 11.3 Å². The van der Waals surface area contributed by atoms with E-state index in [2.05, 4.69) is 5.32 Å². The van der Waals surface area contributed by atoms with Crippen molar-refractivity contribution in [3.8, 4) is 11.3 Å². The Labute approximate surface area is 257 Å². The molecule has 1 saturated heterocycles. The second-order valence-corrected chi connectivity index (χ2v) is 12.1. The summed E-state index contributed by atoms with van der Waals surface area (Å²) in [6.07, 6.45) is -0.425. The molecule has 2 N–H and O–H groups in total. The van der Waals surface area contributed by atoms with Crippen LogP contribution in [0.4, 0.5) is 13.2 Å². The highest BCUT2D eigenvalue weighted by Crippen LogP contribution is 2.43. The molecule has 11 heteroatoms. The van der Waals surface area contributed by atoms with E-state index in [0.717, 1.165) is 23.8 Å². The number of rotatable bonds is 15. The maximum absolute atomic E-state index is 15.0. The third kappa shape index (κ3) is 8.26. The fourth-order valence-electron chi connectivity index (χ4n) is 5.70. The standard InChI is InChI=1S/C33H43F3N4O4/c1-22(41)32(42)40(20-24-17-37-18-28(24)36)30(33(2,3)12-13-44-15-14-43-4)31-38-29(26-16-25(34)10-11-27(26)35)21-39(31)19-23-8-6-5-7-9-23/h5-11,16,21-22,24,28,30,37,41H,12-15,17-20H2,1-4H3/t22-,24-,28-,30-/m0/s1. The van der Waals surface area contributed by atoms with Crippen LogP contribution < -0.4 is 5.32 Å². The first-order chi connectivity index (χ1) is 21.0. The number of methoxy groups -OCH3 is 1. The molecule has 0 saturated carbocycles. The van der Waals surface area contributed by atoms with Gasteiger partial charge in [-0.1, -0.05) is 44.2 Å². The molecule has 0 bridgehead atoms. The van der Waals surface area contributed by atoms with E-state index in [1.165, 1.54) is 11.8 Å². The number of hydrogen-bond acceptors (Lipinski definition) is 6. The molecule has 1 aliphatic heterocycles. The van der Waals surface area contributed by atoms with E-state index in [9.17, 15) is 18.7 Å². The van der Waals surface area contributed by atoms with Crippen LogP contribution in [-0.4, -0.2) is 84.3 Å². The van der Waals surface area contributed by atoms with Gasteiger partial charge < -0.3 is 29.4 Å². The number of aliphatic hydroxyl groups excluding tert-OH is 1. The SMILES string of the molecule is COCCOCCC(C)(C)[C@H](c1nc(-c2cc(F)ccc2F)cn1Cc1ccccc1)N(C[C@@H]1CNC[C@@H]1F)C(=O)[C@H](C)O. The normalized spacial score (nSPS) is 18.4. The predicted molar refractivity (Wildman–Crippen MR) is 162 cm³/mol. The number of halogens is 3. The molecule has 4 atom stereocenters. The second-order valence-electron chi connectivity index (χ2n) is 12.1. The van der Waals surface area contributed by atoms with Gasteiger partial charge >= 0.3 is 0 Å². The Kier molecular flexibility index (Phi) is 11.6. The average molecular weight is 617 g/mol. The van der Waals surface area contributed by atoms with Gasteiger partial charge in [0.25, 0.3) is 5.91 Å². The lowest BCUT2D eigenvalue weighted by atomic mass is 9.79. The third-order valence-corrected chi connectivity index (χ3v) is 8.16. The van der Waals surface area contributed by atoms with Gasteiger partial charge in [0.15, 0.2) is 0 Å². The van der Waals surface area contributed by atoms with Crippen LogP contribution in [0.5, 0.6) is 0 Å². The number of alkyl halides is 1. The number of aliphatic hydroxyl groups is 1. The van der Waals surface area contributed by atoms with E-state index in [1.54, 1.807) is 13.3 Å². The molecule has 2 aromatic carbocycles. The highest BCUT2D eigenvalue weighted by atomic mass is 19.1. The van der Waals surface area contributed by atoms with Crippen molar-refractivity contribution < 1.29 is 32.5 Å². The number of imidazole rings is 1. The van der Waals surface area contributed by atoms with E-state index in [0.29, 0.717) is 45.2 Å². The van der Waals surface area contributed by atoms with Gasteiger partial charge in [-0.05, 0) is 42.5 Å². The Balaban J connectivity index is 1.87. The van der Waals surface area contributed by atoms with E-state index in [4.69, 9.17) is 14.5 Å². The number of nitrogens with one attached hydrogen (secondary N) is 1. The smallest absolute Gasteiger partial charge is 0.251 e. The first-order valence-corrected chi connectivity index (χ1v) is 15.0. The van der Waals surface area contributed by atoms with E-state index in [-0.39, 0.29) is 24.3 Å². The Bertz CT molecular complexity index is 1370. The number of amides is 1. The highest BCUT2D eigenvalue weighted by molar-refractivity contribution is 5.80. The number of hydrogen-bond donors (Lipinski definition) is 2. The van der Waals surface area contributed by atoms with Gasteiger partial charge in [-0.3, -0.25) is 4.79 Å². The molecule has 4 rings (SSSR count). The summed E-state index contributed by atoms with van der Waals surface area (Å²) in [4.78, 5) is 20.2. The van der Waals surface area contributed by atoms with Crippen molar-refractivity contribution >= 4 is 5.91 Å². The van der Waals surface area contributed by atoms with Crippen molar-refractivity contribution in [2.75, 3.05) is 46.6 Å². The summed E-state index contributed by atoms with van der Waals surface area (Å²) in [6.45, 7) is 7.35. The Morgan fingerprint density at radius 3 is 2.57 bits per heavy atom. The van der Waals surface area contributed by atoms with E-state index in [1.807, 2.05) is 48.7 Å². The summed E-state index contributed by atoms with van der Waals surface area (Å²) >= 11 is 0. The van der Waals surface area contributed by atoms with Crippen LogP contribution in [0.1, 0.15) is 44.6 Å². The zero-order valence-electron chi connectivity index (χ0n) is 25.8. The van der Waals surface area contributed by atoms with Crippen molar-refractivity contribution in [1.29, 1.82) is 0 Å². The first-order valence-electron chi connectivity index (χ1n) is 15.0. The molecular formula is C33H43F3N4O4. The third-order valence-electron chi connectivity index (χ3n) is 8.16. The highest BCUT2D eigenvalue weighted by Gasteiger charge is 2.44. The van der Waals surface area contributed by atoms with Crippen molar-refractivity contribution in [3.05, 3.63) is 77.8 Å². The van der Waals surface area contributed by atoms with Gasteiger partial charge in [0.2, 0.25) is 0 Å². The summed E-state index contributed by atoms with van der Waals surface area (Å²) in [7, 11) is 1.59. The van der Waals surface area contributed by atoms with Crippen molar-refractivity contribution in [2.45, 2.75) is 52.1 Å². The zero-order chi connectivity index (χ0) is 31.9. The summed E-state index contributed by atoms with van der Waals surface area (Å²) in [6, 6.07) is 12.0. The predicted octanol–water partition coefficient (Wildman–Crippen LogP) is 4.76. The van der Waals surface area contributed by atoms with Crippen molar-refractivity contribution in [1.82, 2.24) is 19.8 Å². The number of benzene rings is 2. The molecule has 0 spiro atoms. The lowest BCUT2D eigenvalue weighted by molar-refractivity contribution is -0.146. The van der Waals surface area contributed by atoms with Crippen molar-refractivity contribution in [2.24, 2.45) is 11.3 Å². The van der Waals surface area contributed by atoms with Crippen LogP contribution in [0.3, 0.4) is 0 Å². The molecule has 1 aromatic heterocycles. The van der Waals surface area contributed by atoms with Crippen LogP contribution >= 0.6 is 0 Å². The molecule has 1 aliphatic rings. The zero-order valence-corrected chi connectivity index (χ0v) is 25.8. The second kappa shape index (κ2) is 15.2. The van der Waals surface area contributed by atoms with Gasteiger partial charge in [0, 0.05) is 57.6 Å². The fraction of sp³-hybridized carbons (Fsp3) is 0.515. The number of nitrogens with zero attached hydrogens (tertiary/aromatic N) is 3. The average Bonchev–Trinajstić information content (AvgIpc) is 3.59. The molecule has 44 heavy (non-hydrogen) atoms. The topological polar surface area (TPSA) is 88.9 Å². The minimum atomic E-state index is -1.36. The number of carbonyl (C=O) groups excluding carboxylic acids is 1. The van der Waals surface area contributed by atoms with Crippen LogP contribution in [0.2, 0.25) is 0 Å². The molecular weight excluding hydrogens is 573 g/mol. The fourth-order valence-corrected chi connectivity index (χ4v) is 5.70. The van der Waals surface area contributed by atoms with E-state index >= 15 is 4.39 Å². The number of carbonyl (C=O) groups is 1. The first kappa shape index (κ1) is 33.6. The Hall–Kier alpha value is -3.25. The van der Waals surface area contributed by atoms with Gasteiger partial charge in [0.1, 0.15) is 29.7 Å². The van der Waals surface area contributed by atoms with Gasteiger partial charge in [0.05, 0.1) is 24.9 Å². The minimum Gasteiger partial charge on any atom is -0.384 e.